The highest BCUT2D eigenvalue weighted by molar-refractivity contribution is 5.16. The third kappa shape index (κ3) is 3.76. The molecule has 2 N–H and O–H groups in total. The third-order valence-corrected chi connectivity index (χ3v) is 5.57. The molecule has 0 aromatic carbocycles. The molecule has 0 saturated heterocycles. The van der Waals surface area contributed by atoms with Crippen molar-refractivity contribution in [1.82, 2.24) is 10.3 Å². The highest BCUT2D eigenvalue weighted by Crippen LogP contribution is 2.35. The molecule has 116 valence electrons. The number of aromatic nitrogens is 1. The average Bonchev–Trinajstić information content (AvgIpc) is 2.97. The van der Waals surface area contributed by atoms with Crippen molar-refractivity contribution in [2.75, 3.05) is 0 Å². The van der Waals surface area contributed by atoms with E-state index in [9.17, 15) is 4.79 Å². The topological polar surface area (TPSA) is 44.9 Å². The lowest BCUT2D eigenvalue weighted by molar-refractivity contribution is 0.263. The van der Waals surface area contributed by atoms with Crippen LogP contribution in [0, 0.1) is 5.92 Å². The second-order valence-corrected chi connectivity index (χ2v) is 7.05. The van der Waals surface area contributed by atoms with Crippen LogP contribution in [-0.4, -0.2) is 17.1 Å². The van der Waals surface area contributed by atoms with E-state index in [1.807, 2.05) is 12.3 Å². The molecule has 0 spiro atoms. The maximum atomic E-state index is 11.2. The summed E-state index contributed by atoms with van der Waals surface area (Å²) < 4.78 is 0. The van der Waals surface area contributed by atoms with E-state index < -0.39 is 0 Å². The Hall–Kier alpha value is -1.09. The van der Waals surface area contributed by atoms with Gasteiger partial charge in [0.25, 0.3) is 0 Å². The van der Waals surface area contributed by atoms with Crippen molar-refractivity contribution in [3.8, 4) is 0 Å². The lowest BCUT2D eigenvalue weighted by Gasteiger charge is -2.30. The van der Waals surface area contributed by atoms with Crippen molar-refractivity contribution in [1.29, 1.82) is 0 Å². The van der Waals surface area contributed by atoms with Crippen LogP contribution in [0.15, 0.2) is 23.1 Å². The van der Waals surface area contributed by atoms with E-state index in [-0.39, 0.29) is 5.56 Å². The molecule has 1 aromatic rings. The van der Waals surface area contributed by atoms with Crippen molar-refractivity contribution < 1.29 is 0 Å². The minimum absolute atomic E-state index is 0.00246. The first-order valence-corrected chi connectivity index (χ1v) is 8.67. The summed E-state index contributed by atoms with van der Waals surface area (Å²) in [5.41, 5.74) is 1.29. The van der Waals surface area contributed by atoms with Crippen LogP contribution in [0.2, 0.25) is 0 Å². The zero-order valence-electron chi connectivity index (χ0n) is 13.1. The van der Waals surface area contributed by atoms with E-state index in [0.717, 1.165) is 5.92 Å². The van der Waals surface area contributed by atoms with Gasteiger partial charge in [0.2, 0.25) is 5.56 Å². The normalized spacial score (nSPS) is 28.6. The summed E-state index contributed by atoms with van der Waals surface area (Å²) in [5, 5.41) is 3.89. The first kappa shape index (κ1) is 14.8. The van der Waals surface area contributed by atoms with Crippen molar-refractivity contribution >= 4 is 0 Å². The minimum Gasteiger partial charge on any atom is -0.329 e. The van der Waals surface area contributed by atoms with E-state index in [1.165, 1.54) is 56.9 Å². The van der Waals surface area contributed by atoms with Gasteiger partial charge in [-0.1, -0.05) is 25.3 Å². The number of pyridine rings is 1. The van der Waals surface area contributed by atoms with Gasteiger partial charge in [-0.3, -0.25) is 4.79 Å². The smallest absolute Gasteiger partial charge is 0.247 e. The number of rotatable bonds is 4. The molecule has 2 fully saturated rings. The fraction of sp³-hybridized carbons (Fsp3) is 0.722. The SMILES string of the molecule is C[C@@H](NC1CC[C@H](c2ccc(=O)[nH]c2)C1)C1CCCCC1. The van der Waals surface area contributed by atoms with Gasteiger partial charge in [0.1, 0.15) is 0 Å². The summed E-state index contributed by atoms with van der Waals surface area (Å²) in [6.45, 7) is 2.38. The number of H-pyrrole nitrogens is 1. The van der Waals surface area contributed by atoms with Gasteiger partial charge in [0, 0.05) is 24.3 Å². The molecular formula is C18H28N2O. The van der Waals surface area contributed by atoms with Crippen molar-refractivity contribution in [3.05, 3.63) is 34.2 Å². The van der Waals surface area contributed by atoms with Crippen LogP contribution in [0.5, 0.6) is 0 Å². The summed E-state index contributed by atoms with van der Waals surface area (Å²) in [7, 11) is 0. The van der Waals surface area contributed by atoms with Crippen LogP contribution in [-0.2, 0) is 0 Å². The van der Waals surface area contributed by atoms with Gasteiger partial charge in [0.05, 0.1) is 0 Å². The molecular weight excluding hydrogens is 260 g/mol. The highest BCUT2D eigenvalue weighted by Gasteiger charge is 2.29. The second-order valence-electron chi connectivity index (χ2n) is 7.05. The zero-order chi connectivity index (χ0) is 14.7. The molecule has 3 heteroatoms. The van der Waals surface area contributed by atoms with Gasteiger partial charge in [-0.2, -0.15) is 0 Å². The molecule has 2 aliphatic rings. The summed E-state index contributed by atoms with van der Waals surface area (Å²) >= 11 is 0. The largest absolute Gasteiger partial charge is 0.329 e. The highest BCUT2D eigenvalue weighted by atomic mass is 16.1. The molecule has 3 rings (SSSR count). The molecule has 0 bridgehead atoms. The van der Waals surface area contributed by atoms with Crippen LogP contribution in [0.4, 0.5) is 0 Å². The zero-order valence-corrected chi connectivity index (χ0v) is 13.1. The van der Waals surface area contributed by atoms with E-state index in [1.54, 1.807) is 6.07 Å². The molecule has 0 amide bonds. The molecule has 1 unspecified atom stereocenters. The standard InChI is InChI=1S/C18H28N2O/c1-13(14-5-3-2-4-6-14)20-17-9-7-15(11-17)16-8-10-18(21)19-12-16/h8,10,12-15,17,20H,2-7,9,11H2,1H3,(H,19,21)/t13-,15+,17?/m1/s1. The summed E-state index contributed by atoms with van der Waals surface area (Å²) in [5.74, 6) is 1.49. The molecule has 0 radical (unpaired) electrons. The van der Waals surface area contributed by atoms with Crippen molar-refractivity contribution in [3.63, 3.8) is 0 Å². The Morgan fingerprint density at radius 3 is 2.67 bits per heavy atom. The number of nitrogens with one attached hydrogen (secondary N) is 2. The Bertz CT molecular complexity index is 484. The Morgan fingerprint density at radius 2 is 1.95 bits per heavy atom. The molecule has 3 atom stereocenters. The molecule has 2 aliphatic carbocycles. The third-order valence-electron chi connectivity index (χ3n) is 5.57. The van der Waals surface area contributed by atoms with Gasteiger partial charge in [-0.25, -0.2) is 0 Å². The Balaban J connectivity index is 1.52. The van der Waals surface area contributed by atoms with Crippen molar-refractivity contribution in [2.45, 2.75) is 76.3 Å². The number of aromatic amines is 1. The van der Waals surface area contributed by atoms with Crippen LogP contribution < -0.4 is 10.9 Å². The Kier molecular flexibility index (Phi) is 4.79. The predicted octanol–water partition coefficient (Wildman–Crippen LogP) is 3.57. The van der Waals surface area contributed by atoms with Gasteiger partial charge >= 0.3 is 0 Å². The fourth-order valence-corrected chi connectivity index (χ4v) is 4.25. The lowest BCUT2D eigenvalue weighted by Crippen LogP contribution is -2.40. The Labute approximate surface area is 127 Å². The fourth-order valence-electron chi connectivity index (χ4n) is 4.25. The molecule has 3 nitrogen and oxygen atoms in total. The molecule has 1 heterocycles. The summed E-state index contributed by atoms with van der Waals surface area (Å²) in [6.07, 6.45) is 12.7. The molecule has 0 aliphatic heterocycles. The molecule has 21 heavy (non-hydrogen) atoms. The Morgan fingerprint density at radius 1 is 1.14 bits per heavy atom. The van der Waals surface area contributed by atoms with Gasteiger partial charge < -0.3 is 10.3 Å². The van der Waals surface area contributed by atoms with Crippen LogP contribution >= 0.6 is 0 Å². The minimum atomic E-state index is -0.00246. The van der Waals surface area contributed by atoms with Crippen LogP contribution in [0.25, 0.3) is 0 Å². The summed E-state index contributed by atoms with van der Waals surface area (Å²) in [4.78, 5) is 14.0. The van der Waals surface area contributed by atoms with Crippen LogP contribution in [0.1, 0.15) is 69.8 Å². The lowest BCUT2D eigenvalue weighted by atomic mass is 9.84. The van der Waals surface area contributed by atoms with Gasteiger partial charge in [-0.15, -0.1) is 0 Å². The molecule has 2 saturated carbocycles. The monoisotopic (exact) mass is 288 g/mol. The quantitative estimate of drug-likeness (QED) is 0.889. The van der Waals surface area contributed by atoms with E-state index >= 15 is 0 Å². The average molecular weight is 288 g/mol. The maximum absolute atomic E-state index is 11.2. The number of hydrogen-bond donors (Lipinski definition) is 2. The first-order chi connectivity index (χ1) is 10.2. The van der Waals surface area contributed by atoms with E-state index in [0.29, 0.717) is 18.0 Å². The van der Waals surface area contributed by atoms with Crippen LogP contribution in [0.3, 0.4) is 0 Å². The molecule has 1 aromatic heterocycles. The van der Waals surface area contributed by atoms with E-state index in [2.05, 4.69) is 17.2 Å². The second kappa shape index (κ2) is 6.78. The first-order valence-electron chi connectivity index (χ1n) is 8.67. The maximum Gasteiger partial charge on any atom is 0.247 e. The summed E-state index contributed by atoms with van der Waals surface area (Å²) in [6, 6.07) is 4.96. The van der Waals surface area contributed by atoms with E-state index in [4.69, 9.17) is 0 Å². The van der Waals surface area contributed by atoms with Crippen molar-refractivity contribution in [2.24, 2.45) is 5.92 Å². The number of hydrogen-bond acceptors (Lipinski definition) is 2. The predicted molar refractivity (Wildman–Crippen MR) is 86.6 cm³/mol. The van der Waals surface area contributed by atoms with Gasteiger partial charge in [0.15, 0.2) is 0 Å². The van der Waals surface area contributed by atoms with Gasteiger partial charge in [-0.05, 0) is 56.4 Å².